The summed E-state index contributed by atoms with van der Waals surface area (Å²) in [5.74, 6) is 1.52. The van der Waals surface area contributed by atoms with Gasteiger partial charge >= 0.3 is 0 Å². The summed E-state index contributed by atoms with van der Waals surface area (Å²) in [4.78, 5) is 26.7. The van der Waals surface area contributed by atoms with Gasteiger partial charge < -0.3 is 10.2 Å². The van der Waals surface area contributed by atoms with Gasteiger partial charge in [0.2, 0.25) is 0 Å². The lowest BCUT2D eigenvalue weighted by Crippen LogP contribution is -2.37. The molecule has 1 aliphatic heterocycles. The van der Waals surface area contributed by atoms with Crippen LogP contribution in [0, 0.1) is 6.92 Å². The Morgan fingerprint density at radius 3 is 2.75 bits per heavy atom. The average molecular weight is 365 g/mol. The van der Waals surface area contributed by atoms with Crippen LogP contribution in [-0.2, 0) is 0 Å². The molecule has 2 N–H and O–H groups in total. The fourth-order valence-corrected chi connectivity index (χ4v) is 3.53. The number of halogens is 1. The van der Waals surface area contributed by atoms with Crippen LogP contribution in [0.1, 0.15) is 26.4 Å². The molecule has 1 aromatic heterocycles. The van der Waals surface area contributed by atoms with E-state index in [1.54, 1.807) is 12.1 Å². The van der Waals surface area contributed by atoms with Crippen LogP contribution < -0.4 is 5.32 Å². The van der Waals surface area contributed by atoms with Crippen LogP contribution in [-0.4, -0.2) is 51.5 Å². The number of aromatic nitrogens is 2. The van der Waals surface area contributed by atoms with Gasteiger partial charge in [0, 0.05) is 35.8 Å². The van der Waals surface area contributed by atoms with E-state index >= 15 is 0 Å². The van der Waals surface area contributed by atoms with Crippen molar-refractivity contribution in [3.63, 3.8) is 0 Å². The van der Waals surface area contributed by atoms with Gasteiger partial charge in [-0.1, -0.05) is 17.7 Å². The van der Waals surface area contributed by atoms with Gasteiger partial charge in [0.15, 0.2) is 0 Å². The smallest absolute Gasteiger partial charge is 0.275 e. The minimum Gasteiger partial charge on any atom is -0.337 e. The molecule has 1 fully saturated rings. The number of carbonyl (C=O) groups excluding carboxylic acids is 2. The first-order valence-corrected chi connectivity index (χ1v) is 9.07. The molecule has 24 heavy (non-hydrogen) atoms. The molecule has 1 aliphatic rings. The number of hydrogen-bond acceptors (Lipinski definition) is 4. The van der Waals surface area contributed by atoms with Gasteiger partial charge in [-0.15, -0.1) is 0 Å². The van der Waals surface area contributed by atoms with Gasteiger partial charge in [0.25, 0.3) is 11.8 Å². The van der Waals surface area contributed by atoms with Gasteiger partial charge in [-0.25, -0.2) is 0 Å². The number of anilines is 1. The Morgan fingerprint density at radius 1 is 1.33 bits per heavy atom. The van der Waals surface area contributed by atoms with E-state index in [9.17, 15) is 9.59 Å². The number of rotatable bonds is 3. The number of aryl methyl sites for hydroxylation is 1. The van der Waals surface area contributed by atoms with Crippen LogP contribution in [0.25, 0.3) is 0 Å². The van der Waals surface area contributed by atoms with E-state index in [4.69, 9.17) is 11.6 Å². The third kappa shape index (κ3) is 3.57. The second-order valence-electron chi connectivity index (χ2n) is 5.48. The molecule has 0 unspecified atom stereocenters. The van der Waals surface area contributed by atoms with Crippen LogP contribution in [0.4, 0.5) is 5.69 Å². The zero-order valence-corrected chi connectivity index (χ0v) is 14.7. The Balaban J connectivity index is 1.80. The van der Waals surface area contributed by atoms with Gasteiger partial charge in [0.1, 0.15) is 5.69 Å². The first kappa shape index (κ1) is 16.9. The number of nitrogens with zero attached hydrogens (tertiary/aromatic N) is 2. The summed E-state index contributed by atoms with van der Waals surface area (Å²) in [6.07, 6.45) is 1.37. The summed E-state index contributed by atoms with van der Waals surface area (Å²) in [7, 11) is 0. The molecule has 2 heterocycles. The van der Waals surface area contributed by atoms with Crippen molar-refractivity contribution in [3.8, 4) is 0 Å². The molecule has 126 valence electrons. The van der Waals surface area contributed by atoms with Crippen molar-refractivity contribution in [1.29, 1.82) is 0 Å². The monoisotopic (exact) mass is 364 g/mol. The standard InChI is InChI=1S/C16H17ClN4O2S/c1-10-2-3-11(16(23)21-4-6-24-7-5-21)8-13(10)19-15(22)14-12(17)9-18-20-14/h2-3,8-9H,4-7H2,1H3,(H,18,20)(H,19,22). The largest absolute Gasteiger partial charge is 0.337 e. The van der Waals surface area contributed by atoms with E-state index in [1.807, 2.05) is 29.7 Å². The normalized spacial score (nSPS) is 14.5. The summed E-state index contributed by atoms with van der Waals surface area (Å²) in [6, 6.07) is 5.33. The van der Waals surface area contributed by atoms with Crippen molar-refractivity contribution < 1.29 is 9.59 Å². The molecule has 0 bridgehead atoms. The van der Waals surface area contributed by atoms with E-state index in [0.717, 1.165) is 30.2 Å². The van der Waals surface area contributed by atoms with Crippen molar-refractivity contribution >= 4 is 40.9 Å². The van der Waals surface area contributed by atoms with E-state index in [2.05, 4.69) is 15.5 Å². The number of thioether (sulfide) groups is 1. The molecule has 1 aromatic carbocycles. The van der Waals surface area contributed by atoms with E-state index in [-0.39, 0.29) is 22.5 Å². The Bertz CT molecular complexity index is 771. The van der Waals surface area contributed by atoms with Crippen molar-refractivity contribution in [1.82, 2.24) is 15.1 Å². The van der Waals surface area contributed by atoms with Crippen LogP contribution in [0.15, 0.2) is 24.4 Å². The summed E-state index contributed by atoms with van der Waals surface area (Å²) in [5, 5.41) is 9.33. The Kier molecular flexibility index (Phi) is 5.11. The zero-order valence-electron chi connectivity index (χ0n) is 13.1. The maximum Gasteiger partial charge on any atom is 0.275 e. The van der Waals surface area contributed by atoms with Crippen LogP contribution in [0.5, 0.6) is 0 Å². The maximum atomic E-state index is 12.6. The molecule has 0 radical (unpaired) electrons. The third-order valence-corrected chi connectivity index (χ3v) is 5.08. The van der Waals surface area contributed by atoms with Crippen LogP contribution >= 0.6 is 23.4 Å². The highest BCUT2D eigenvalue weighted by molar-refractivity contribution is 7.99. The molecule has 0 atom stereocenters. The predicted molar refractivity (Wildman–Crippen MR) is 96.0 cm³/mol. The summed E-state index contributed by atoms with van der Waals surface area (Å²) in [5.41, 5.74) is 2.21. The minimum absolute atomic E-state index is 0.00892. The van der Waals surface area contributed by atoms with Crippen molar-refractivity contribution in [2.24, 2.45) is 0 Å². The van der Waals surface area contributed by atoms with Crippen molar-refractivity contribution in [2.75, 3.05) is 29.9 Å². The molecule has 0 spiro atoms. The maximum absolute atomic E-state index is 12.6. The molecule has 3 rings (SSSR count). The zero-order chi connectivity index (χ0) is 17.1. The number of nitrogens with one attached hydrogen (secondary N) is 2. The van der Waals surface area contributed by atoms with Crippen molar-refractivity contribution in [3.05, 3.63) is 46.2 Å². The lowest BCUT2D eigenvalue weighted by Gasteiger charge is -2.26. The molecule has 2 aromatic rings. The second kappa shape index (κ2) is 7.27. The Labute approximate surface area is 148 Å². The number of carbonyl (C=O) groups is 2. The minimum atomic E-state index is -0.389. The second-order valence-corrected chi connectivity index (χ2v) is 7.11. The van der Waals surface area contributed by atoms with Crippen LogP contribution in [0.2, 0.25) is 5.02 Å². The first-order chi connectivity index (χ1) is 11.6. The quantitative estimate of drug-likeness (QED) is 0.877. The highest BCUT2D eigenvalue weighted by Gasteiger charge is 2.20. The molecule has 6 nitrogen and oxygen atoms in total. The summed E-state index contributed by atoms with van der Waals surface area (Å²) in [6.45, 7) is 3.38. The molecule has 0 saturated carbocycles. The van der Waals surface area contributed by atoms with E-state index in [0.29, 0.717) is 11.3 Å². The van der Waals surface area contributed by atoms with Gasteiger partial charge in [-0.2, -0.15) is 16.9 Å². The fraction of sp³-hybridized carbons (Fsp3) is 0.312. The molecule has 8 heteroatoms. The highest BCUT2D eigenvalue weighted by atomic mass is 35.5. The highest BCUT2D eigenvalue weighted by Crippen LogP contribution is 2.21. The van der Waals surface area contributed by atoms with Gasteiger partial charge in [-0.05, 0) is 24.6 Å². The average Bonchev–Trinajstić information content (AvgIpc) is 3.03. The summed E-state index contributed by atoms with van der Waals surface area (Å²) >= 11 is 7.76. The number of benzene rings is 1. The van der Waals surface area contributed by atoms with Crippen LogP contribution in [0.3, 0.4) is 0 Å². The summed E-state index contributed by atoms with van der Waals surface area (Å²) < 4.78 is 0. The molecular weight excluding hydrogens is 348 g/mol. The van der Waals surface area contributed by atoms with E-state index in [1.165, 1.54) is 6.20 Å². The van der Waals surface area contributed by atoms with Gasteiger partial charge in [-0.3, -0.25) is 14.7 Å². The Morgan fingerprint density at radius 2 is 2.08 bits per heavy atom. The lowest BCUT2D eigenvalue weighted by molar-refractivity contribution is 0.0772. The van der Waals surface area contributed by atoms with E-state index < -0.39 is 0 Å². The topological polar surface area (TPSA) is 78.1 Å². The Hall–Kier alpha value is -1.99. The SMILES string of the molecule is Cc1ccc(C(=O)N2CCSCC2)cc1NC(=O)c1[nH]ncc1Cl. The third-order valence-electron chi connectivity index (χ3n) is 3.85. The number of amides is 2. The molecule has 1 saturated heterocycles. The number of H-pyrrole nitrogens is 1. The molecule has 2 amide bonds. The molecular formula is C16H17ClN4O2S. The predicted octanol–water partition coefficient (Wildman–Crippen LogP) is 2.81. The number of aromatic amines is 1. The van der Waals surface area contributed by atoms with Gasteiger partial charge in [0.05, 0.1) is 11.2 Å². The fourth-order valence-electron chi connectivity index (χ4n) is 2.45. The van der Waals surface area contributed by atoms with Crippen molar-refractivity contribution in [2.45, 2.75) is 6.92 Å². The number of hydrogen-bond donors (Lipinski definition) is 2. The first-order valence-electron chi connectivity index (χ1n) is 7.54. The lowest BCUT2D eigenvalue weighted by atomic mass is 10.1. The molecule has 0 aliphatic carbocycles.